The van der Waals surface area contributed by atoms with Crippen LogP contribution in [0.4, 0.5) is 14.5 Å². The third-order valence-corrected chi connectivity index (χ3v) is 7.16. The Morgan fingerprint density at radius 2 is 1.61 bits per heavy atom. The highest BCUT2D eigenvalue weighted by Crippen LogP contribution is 2.30. The zero-order valence-electron chi connectivity index (χ0n) is 16.8. The van der Waals surface area contributed by atoms with Gasteiger partial charge in [-0.1, -0.05) is 12.1 Å². The van der Waals surface area contributed by atoms with Crippen LogP contribution in [0.3, 0.4) is 0 Å². The molecule has 0 unspecified atom stereocenters. The largest absolute Gasteiger partial charge is 0.345 e. The first kappa shape index (κ1) is 21.2. The number of carbonyl (C=O) groups excluding carboxylic acids is 1. The van der Waals surface area contributed by atoms with E-state index in [1.807, 2.05) is 0 Å². The van der Waals surface area contributed by atoms with E-state index in [4.69, 9.17) is 0 Å². The van der Waals surface area contributed by atoms with Crippen molar-refractivity contribution in [1.82, 2.24) is 8.87 Å². The molecule has 1 N–H and O–H groups in total. The molecule has 0 bridgehead atoms. The molecule has 0 atom stereocenters. The second kappa shape index (κ2) is 8.24. The van der Waals surface area contributed by atoms with Crippen molar-refractivity contribution in [2.45, 2.75) is 17.7 Å². The summed E-state index contributed by atoms with van der Waals surface area (Å²) in [6.07, 6.45) is 3.04. The van der Waals surface area contributed by atoms with Crippen LogP contribution in [-0.2, 0) is 17.1 Å². The third kappa shape index (κ3) is 4.24. The number of aromatic nitrogens is 1. The van der Waals surface area contributed by atoms with Gasteiger partial charge in [-0.05, 0) is 54.8 Å². The quantitative estimate of drug-likeness (QED) is 0.645. The van der Waals surface area contributed by atoms with Crippen LogP contribution >= 0.6 is 0 Å². The molecule has 2 aromatic carbocycles. The minimum atomic E-state index is -3.66. The molecule has 1 saturated heterocycles. The van der Waals surface area contributed by atoms with Crippen LogP contribution in [0.25, 0.3) is 11.1 Å². The minimum absolute atomic E-state index is 0.0555. The second-order valence-electron chi connectivity index (χ2n) is 7.43. The van der Waals surface area contributed by atoms with Crippen molar-refractivity contribution in [3.05, 3.63) is 72.1 Å². The van der Waals surface area contributed by atoms with Gasteiger partial charge in [0.1, 0.15) is 22.2 Å². The molecule has 0 aliphatic carbocycles. The summed E-state index contributed by atoms with van der Waals surface area (Å²) in [7, 11) is -2.07. The van der Waals surface area contributed by atoms with Gasteiger partial charge in [0.25, 0.3) is 5.91 Å². The average Bonchev–Trinajstić information content (AvgIpc) is 3.40. The fraction of sp³-hybridized carbons (Fsp3) is 0.227. The maximum Gasteiger partial charge on any atom is 0.272 e. The Morgan fingerprint density at radius 3 is 2.29 bits per heavy atom. The van der Waals surface area contributed by atoms with Gasteiger partial charge in [-0.25, -0.2) is 17.2 Å². The van der Waals surface area contributed by atoms with Gasteiger partial charge in [-0.15, -0.1) is 0 Å². The van der Waals surface area contributed by atoms with E-state index in [0.29, 0.717) is 29.9 Å². The highest BCUT2D eigenvalue weighted by atomic mass is 32.2. The van der Waals surface area contributed by atoms with E-state index in [1.54, 1.807) is 7.05 Å². The number of aryl methyl sites for hydroxylation is 1. The summed E-state index contributed by atoms with van der Waals surface area (Å²) in [5.41, 5.74) is 1.38. The zero-order chi connectivity index (χ0) is 22.2. The van der Waals surface area contributed by atoms with E-state index in [0.717, 1.165) is 12.8 Å². The molecule has 1 aromatic heterocycles. The SMILES string of the molecule is Cn1cc(S(=O)(=O)N2CCCC2)cc1C(=O)Nc1ccc(F)cc1-c1ccc(F)cc1. The minimum Gasteiger partial charge on any atom is -0.345 e. The predicted octanol–water partition coefficient (Wildman–Crippen LogP) is 4.01. The average molecular weight is 445 g/mol. The summed E-state index contributed by atoms with van der Waals surface area (Å²) in [6, 6.07) is 10.7. The number of hydrogen-bond acceptors (Lipinski definition) is 3. The number of anilines is 1. The van der Waals surface area contributed by atoms with E-state index >= 15 is 0 Å². The highest BCUT2D eigenvalue weighted by Gasteiger charge is 2.29. The standard InChI is InChI=1S/C22H21F2N3O3S/c1-26-14-18(31(29,30)27-10-2-3-11-27)13-21(26)22(28)25-20-9-8-17(24)12-19(20)15-4-6-16(23)7-5-15/h4-9,12-14H,2-3,10-11H2,1H3,(H,25,28). The molecule has 1 aliphatic heterocycles. The predicted molar refractivity (Wildman–Crippen MR) is 113 cm³/mol. The summed E-state index contributed by atoms with van der Waals surface area (Å²) >= 11 is 0. The molecule has 1 amide bonds. The number of carbonyl (C=O) groups is 1. The van der Waals surface area contributed by atoms with Gasteiger partial charge in [0.05, 0.1) is 0 Å². The maximum atomic E-state index is 13.9. The lowest BCUT2D eigenvalue weighted by atomic mass is 10.0. The normalized spacial score (nSPS) is 14.7. The van der Waals surface area contributed by atoms with Gasteiger partial charge in [-0.2, -0.15) is 4.31 Å². The van der Waals surface area contributed by atoms with Gasteiger partial charge in [0.2, 0.25) is 10.0 Å². The highest BCUT2D eigenvalue weighted by molar-refractivity contribution is 7.89. The van der Waals surface area contributed by atoms with Crippen molar-refractivity contribution < 1.29 is 22.0 Å². The molecule has 4 rings (SSSR count). The molecule has 6 nitrogen and oxygen atoms in total. The van der Waals surface area contributed by atoms with Crippen molar-refractivity contribution in [2.24, 2.45) is 7.05 Å². The molecule has 0 spiro atoms. The molecule has 0 saturated carbocycles. The number of nitrogens with one attached hydrogen (secondary N) is 1. The van der Waals surface area contributed by atoms with Crippen molar-refractivity contribution in [3.8, 4) is 11.1 Å². The number of sulfonamides is 1. The number of nitrogens with zero attached hydrogens (tertiary/aromatic N) is 2. The summed E-state index contributed by atoms with van der Waals surface area (Å²) in [5, 5.41) is 2.71. The summed E-state index contributed by atoms with van der Waals surface area (Å²) in [5.74, 6) is -1.48. The number of benzene rings is 2. The Bertz CT molecular complexity index is 1230. The van der Waals surface area contributed by atoms with Crippen molar-refractivity contribution in [1.29, 1.82) is 0 Å². The van der Waals surface area contributed by atoms with Crippen molar-refractivity contribution in [2.75, 3.05) is 18.4 Å². The molecule has 9 heteroatoms. The molecule has 1 aliphatic rings. The van der Waals surface area contributed by atoms with Crippen LogP contribution in [0.1, 0.15) is 23.3 Å². The second-order valence-corrected chi connectivity index (χ2v) is 9.37. The van der Waals surface area contributed by atoms with Crippen molar-refractivity contribution in [3.63, 3.8) is 0 Å². The van der Waals surface area contributed by atoms with E-state index in [2.05, 4.69) is 5.32 Å². The molecular formula is C22H21F2N3O3S. The van der Waals surface area contributed by atoms with Crippen molar-refractivity contribution >= 4 is 21.6 Å². The van der Waals surface area contributed by atoms with E-state index in [9.17, 15) is 22.0 Å². The van der Waals surface area contributed by atoms with Crippen LogP contribution < -0.4 is 5.32 Å². The third-order valence-electron chi connectivity index (χ3n) is 5.30. The van der Waals surface area contributed by atoms with Crippen LogP contribution in [0.15, 0.2) is 59.6 Å². The van der Waals surface area contributed by atoms with E-state index in [-0.39, 0.29) is 10.6 Å². The van der Waals surface area contributed by atoms with Gasteiger partial charge >= 0.3 is 0 Å². The van der Waals surface area contributed by atoms with Gasteiger partial charge < -0.3 is 9.88 Å². The van der Waals surface area contributed by atoms with Gasteiger partial charge in [0.15, 0.2) is 0 Å². The lowest BCUT2D eigenvalue weighted by Gasteiger charge is -2.13. The first-order chi connectivity index (χ1) is 14.8. The van der Waals surface area contributed by atoms with E-state index < -0.39 is 27.6 Å². The molecule has 3 aromatic rings. The Labute approximate surface area is 179 Å². The van der Waals surface area contributed by atoms with Gasteiger partial charge in [-0.3, -0.25) is 4.79 Å². The number of halogens is 2. The summed E-state index contributed by atoms with van der Waals surface area (Å²) in [4.78, 5) is 13.0. The van der Waals surface area contributed by atoms with Crippen LogP contribution in [0, 0.1) is 11.6 Å². The summed E-state index contributed by atoms with van der Waals surface area (Å²) in [6.45, 7) is 0.935. The van der Waals surface area contributed by atoms with Crippen LogP contribution in [0.2, 0.25) is 0 Å². The first-order valence-electron chi connectivity index (χ1n) is 9.79. The lowest BCUT2D eigenvalue weighted by Crippen LogP contribution is -2.27. The Kier molecular flexibility index (Phi) is 5.63. The number of amides is 1. The zero-order valence-corrected chi connectivity index (χ0v) is 17.6. The smallest absolute Gasteiger partial charge is 0.272 e. The topological polar surface area (TPSA) is 71.4 Å². The Hall–Kier alpha value is -3.04. The maximum absolute atomic E-state index is 13.9. The molecule has 31 heavy (non-hydrogen) atoms. The number of rotatable bonds is 5. The van der Waals surface area contributed by atoms with E-state index in [1.165, 1.54) is 63.6 Å². The summed E-state index contributed by atoms with van der Waals surface area (Å²) < 4.78 is 55.6. The molecular weight excluding hydrogens is 424 g/mol. The molecule has 0 radical (unpaired) electrons. The fourth-order valence-electron chi connectivity index (χ4n) is 3.66. The first-order valence-corrected chi connectivity index (χ1v) is 11.2. The Balaban J connectivity index is 1.64. The number of hydrogen-bond donors (Lipinski definition) is 1. The lowest BCUT2D eigenvalue weighted by molar-refractivity contribution is 0.101. The molecule has 2 heterocycles. The monoisotopic (exact) mass is 445 g/mol. The molecule has 162 valence electrons. The van der Waals surface area contributed by atoms with Gasteiger partial charge in [0, 0.05) is 37.6 Å². The fourth-order valence-corrected chi connectivity index (χ4v) is 5.25. The molecule has 1 fully saturated rings. The van der Waals surface area contributed by atoms with Crippen LogP contribution in [-0.4, -0.2) is 36.3 Å². The van der Waals surface area contributed by atoms with Crippen LogP contribution in [0.5, 0.6) is 0 Å². The Morgan fingerprint density at radius 1 is 0.968 bits per heavy atom.